The number of nitrogens with zero attached hydrogens (tertiary/aromatic N) is 2. The average Bonchev–Trinajstić information content (AvgIpc) is 2.39. The van der Waals surface area contributed by atoms with Crippen LogP contribution in [0.5, 0.6) is 0 Å². The molecule has 0 aromatic rings. The van der Waals surface area contributed by atoms with E-state index >= 15 is 0 Å². The van der Waals surface area contributed by atoms with Crippen molar-refractivity contribution in [2.45, 2.75) is 16.7 Å². The van der Waals surface area contributed by atoms with E-state index in [9.17, 15) is 18.9 Å². The second-order valence-corrected chi connectivity index (χ2v) is 5.08. The first-order valence-corrected chi connectivity index (χ1v) is 6.01. The number of nitro groups is 1. The Balaban J connectivity index is 2.64. The van der Waals surface area contributed by atoms with E-state index < -0.39 is 34.1 Å². The van der Waals surface area contributed by atoms with Gasteiger partial charge in [0.05, 0.1) is 5.71 Å². The molecule has 1 aliphatic carbocycles. The van der Waals surface area contributed by atoms with Crippen LogP contribution in [0.15, 0.2) is 28.8 Å². The van der Waals surface area contributed by atoms with Crippen molar-refractivity contribution in [3.05, 3.63) is 33.9 Å². The van der Waals surface area contributed by atoms with Crippen LogP contribution in [0.25, 0.3) is 0 Å². The van der Waals surface area contributed by atoms with Gasteiger partial charge in [0.25, 0.3) is 0 Å². The molecule has 20 heavy (non-hydrogen) atoms. The predicted octanol–water partition coefficient (Wildman–Crippen LogP) is 1.39. The number of aliphatic imine (C=N–C) groups is 1. The highest BCUT2D eigenvalue weighted by atomic mass is 35.5. The predicted molar refractivity (Wildman–Crippen MR) is 70.6 cm³/mol. The Hall–Kier alpha value is -1.67. The summed E-state index contributed by atoms with van der Waals surface area (Å²) in [6, 6.07) is -1.69. The minimum Gasteiger partial charge on any atom is -0.292 e. The van der Waals surface area contributed by atoms with Crippen molar-refractivity contribution in [3.63, 3.8) is 0 Å². The third-order valence-electron chi connectivity index (χ3n) is 3.23. The summed E-state index contributed by atoms with van der Waals surface area (Å²) in [7, 11) is 1.34. The average molecular weight is 305 g/mol. The zero-order chi connectivity index (χ0) is 15.1. The van der Waals surface area contributed by atoms with Crippen LogP contribution in [0.3, 0.4) is 0 Å². The van der Waals surface area contributed by atoms with Crippen molar-refractivity contribution in [2.75, 3.05) is 13.7 Å². The van der Waals surface area contributed by atoms with Gasteiger partial charge >= 0.3 is 6.04 Å². The lowest BCUT2D eigenvalue weighted by molar-refractivity contribution is -0.508. The summed E-state index contributed by atoms with van der Waals surface area (Å²) in [6.45, 7) is -1.32. The van der Waals surface area contributed by atoms with E-state index in [2.05, 4.69) is 10.3 Å². The third-order valence-corrected chi connectivity index (χ3v) is 3.83. The number of rotatable bonds is 3. The first kappa shape index (κ1) is 14.7. The molecule has 108 valence electrons. The molecule has 0 spiro atoms. The van der Waals surface area contributed by atoms with Crippen molar-refractivity contribution in [1.29, 1.82) is 5.41 Å². The van der Waals surface area contributed by atoms with Crippen LogP contribution in [0.1, 0.15) is 0 Å². The summed E-state index contributed by atoms with van der Waals surface area (Å²) in [4.78, 5) is 12.2. The van der Waals surface area contributed by atoms with Crippen molar-refractivity contribution in [2.24, 2.45) is 4.99 Å². The van der Waals surface area contributed by atoms with E-state index in [0.717, 1.165) is 12.2 Å². The zero-order valence-corrected chi connectivity index (χ0v) is 11.1. The quantitative estimate of drug-likeness (QED) is 0.357. The molecule has 0 aromatic heterocycles. The van der Waals surface area contributed by atoms with Crippen LogP contribution in [0.4, 0.5) is 8.78 Å². The fraction of sp³-hybridized carbons (Fsp3) is 0.455. The first-order valence-electron chi connectivity index (χ1n) is 5.63. The summed E-state index contributed by atoms with van der Waals surface area (Å²) < 4.78 is 26.8. The Labute approximate surface area is 117 Å². The molecule has 2 N–H and O–H groups in total. The van der Waals surface area contributed by atoms with Gasteiger partial charge in [0.15, 0.2) is 10.7 Å². The van der Waals surface area contributed by atoms with E-state index in [1.807, 2.05) is 0 Å². The van der Waals surface area contributed by atoms with Gasteiger partial charge in [0, 0.05) is 10.5 Å². The van der Waals surface area contributed by atoms with E-state index in [0.29, 0.717) is 0 Å². The maximum absolute atomic E-state index is 14.1. The fourth-order valence-corrected chi connectivity index (χ4v) is 2.52. The molecule has 0 saturated carbocycles. The van der Waals surface area contributed by atoms with Crippen molar-refractivity contribution < 1.29 is 13.7 Å². The van der Waals surface area contributed by atoms with Crippen LogP contribution >= 0.6 is 11.6 Å². The summed E-state index contributed by atoms with van der Waals surface area (Å²) in [6.07, 6.45) is 2.99. The molecule has 0 fully saturated rings. The molecule has 2 rings (SSSR count). The molecule has 0 radical (unpaired) electrons. The van der Waals surface area contributed by atoms with Crippen LogP contribution in [0.2, 0.25) is 0 Å². The monoisotopic (exact) mass is 304 g/mol. The Morgan fingerprint density at radius 3 is 2.85 bits per heavy atom. The highest BCUT2D eigenvalue weighted by Gasteiger charge is 2.56. The van der Waals surface area contributed by atoms with E-state index in [-0.39, 0.29) is 11.3 Å². The lowest BCUT2D eigenvalue weighted by Gasteiger charge is -2.37. The molecule has 0 amide bonds. The number of hydrogen-bond acceptors (Lipinski definition) is 4. The molecule has 9 heteroatoms. The smallest absolute Gasteiger partial charge is 0.292 e. The maximum Gasteiger partial charge on any atom is 0.306 e. The molecule has 3 atom stereocenters. The second kappa shape index (κ2) is 4.71. The highest BCUT2D eigenvalue weighted by molar-refractivity contribution is 6.35. The van der Waals surface area contributed by atoms with E-state index in [1.165, 1.54) is 13.1 Å². The normalized spacial score (nSPS) is 36.2. The van der Waals surface area contributed by atoms with E-state index in [1.54, 1.807) is 0 Å². The molecule has 0 aromatic carbocycles. The van der Waals surface area contributed by atoms with Gasteiger partial charge in [-0.15, -0.1) is 0 Å². The lowest BCUT2D eigenvalue weighted by Crippen LogP contribution is -2.60. The molecular weight excluding hydrogens is 294 g/mol. The Kier molecular flexibility index (Phi) is 3.47. The number of nitrogens with one attached hydrogen (secondary N) is 2. The molecule has 3 unspecified atom stereocenters. The number of hydrogen-bond donors (Lipinski definition) is 2. The van der Waals surface area contributed by atoms with Gasteiger partial charge in [-0.05, 0) is 25.3 Å². The molecule has 6 nitrogen and oxygen atoms in total. The molecule has 1 aliphatic heterocycles. The molecule has 1 heterocycles. The number of halogens is 3. The van der Waals surface area contributed by atoms with Crippen LogP contribution in [0, 0.1) is 15.5 Å². The summed E-state index contributed by atoms with van der Waals surface area (Å²) >= 11 is 6.21. The number of allylic oxidation sites excluding steroid dienone is 3. The summed E-state index contributed by atoms with van der Waals surface area (Å²) in [5.41, 5.74) is -2.31. The maximum atomic E-state index is 14.1. The van der Waals surface area contributed by atoms with Gasteiger partial charge in [-0.1, -0.05) is 11.6 Å². The number of amidine groups is 1. The largest absolute Gasteiger partial charge is 0.306 e. The Bertz CT molecular complexity index is 577. The number of likely N-dealkylation sites (N-methyl/N-ethyl adjacent to an activating group) is 1. The van der Waals surface area contributed by atoms with Crippen LogP contribution in [-0.2, 0) is 0 Å². The highest BCUT2D eigenvalue weighted by Crippen LogP contribution is 2.38. The SMILES string of the molecule is CNC1(Cl)C2=CC(F)(CF)C=CC2=NC(=N)C1[N+](=O)[O-]. The minimum absolute atomic E-state index is 0.0398. The standard InChI is InChI=1S/C11H11ClF2N4O2/c1-16-11(12)6-4-10(14,5-13)3-2-7(6)17-9(15)8(11)18(19)20/h2-4,8,15-16H,5H2,1H3. The fourth-order valence-electron chi connectivity index (χ4n) is 2.18. The zero-order valence-electron chi connectivity index (χ0n) is 10.4. The Morgan fingerprint density at radius 2 is 2.35 bits per heavy atom. The van der Waals surface area contributed by atoms with Gasteiger partial charge in [0.2, 0.25) is 5.84 Å². The van der Waals surface area contributed by atoms with Crippen LogP contribution in [-0.4, -0.2) is 46.9 Å². The van der Waals surface area contributed by atoms with Gasteiger partial charge in [-0.2, -0.15) is 0 Å². The van der Waals surface area contributed by atoms with E-state index in [4.69, 9.17) is 17.0 Å². The topological polar surface area (TPSA) is 91.4 Å². The second-order valence-electron chi connectivity index (χ2n) is 4.48. The van der Waals surface area contributed by atoms with Crippen molar-refractivity contribution in [3.8, 4) is 0 Å². The van der Waals surface area contributed by atoms with Crippen molar-refractivity contribution in [1.82, 2.24) is 5.32 Å². The molecule has 0 saturated heterocycles. The molecule has 2 aliphatic rings. The van der Waals surface area contributed by atoms with Crippen molar-refractivity contribution >= 4 is 23.1 Å². The van der Waals surface area contributed by atoms with Gasteiger partial charge in [-0.3, -0.25) is 20.8 Å². The first-order chi connectivity index (χ1) is 9.27. The third kappa shape index (κ3) is 2.04. The number of fused-ring (bicyclic) bond motifs is 1. The molecular formula is C11H11ClF2N4O2. The van der Waals surface area contributed by atoms with Gasteiger partial charge in [-0.25, -0.2) is 13.8 Å². The van der Waals surface area contributed by atoms with Gasteiger partial charge < -0.3 is 0 Å². The Morgan fingerprint density at radius 1 is 1.70 bits per heavy atom. The minimum atomic E-state index is -2.38. The lowest BCUT2D eigenvalue weighted by atomic mass is 9.84. The van der Waals surface area contributed by atoms with Gasteiger partial charge in [0.1, 0.15) is 6.67 Å². The van der Waals surface area contributed by atoms with Crippen LogP contribution < -0.4 is 5.32 Å². The number of alkyl halides is 3. The molecule has 0 bridgehead atoms. The summed E-state index contributed by atoms with van der Waals surface area (Å²) in [5.74, 6) is -0.553. The summed E-state index contributed by atoms with van der Waals surface area (Å²) in [5, 5.41) is 21.2.